The molecule has 25 heavy (non-hydrogen) atoms. The van der Waals surface area contributed by atoms with Gasteiger partial charge in [-0.1, -0.05) is 26.0 Å². The first-order valence-corrected chi connectivity index (χ1v) is 9.13. The molecule has 1 aromatic rings. The Morgan fingerprint density at radius 3 is 2.60 bits per heavy atom. The Balaban J connectivity index is 2.14. The number of nitrogens with two attached hydrogens (primary N) is 1. The third kappa shape index (κ3) is 4.21. The quantitative estimate of drug-likeness (QED) is 0.705. The molecule has 1 aliphatic heterocycles. The fourth-order valence-corrected chi connectivity index (χ4v) is 3.72. The van der Waals surface area contributed by atoms with E-state index in [-0.39, 0.29) is 11.8 Å². The number of rotatable bonds is 6. The van der Waals surface area contributed by atoms with Crippen molar-refractivity contribution in [1.82, 2.24) is 5.32 Å². The van der Waals surface area contributed by atoms with Crippen LogP contribution in [0.4, 0.5) is 5.69 Å². The van der Waals surface area contributed by atoms with E-state index in [9.17, 15) is 14.4 Å². The Kier molecular flexibility index (Phi) is 5.87. The zero-order valence-electron chi connectivity index (χ0n) is 14.7. The maximum atomic E-state index is 12.7. The summed E-state index contributed by atoms with van der Waals surface area (Å²) in [7, 11) is 0. The van der Waals surface area contributed by atoms with Crippen LogP contribution in [0.15, 0.2) is 28.7 Å². The molecule has 1 aromatic carbocycles. The third-order valence-corrected chi connectivity index (χ3v) is 5.10. The average molecular weight is 410 g/mol. The second kappa shape index (κ2) is 7.56. The van der Waals surface area contributed by atoms with E-state index in [0.29, 0.717) is 19.4 Å². The molecule has 2 unspecified atom stereocenters. The number of amides is 3. The minimum absolute atomic E-state index is 0.175. The van der Waals surface area contributed by atoms with Gasteiger partial charge in [0, 0.05) is 11.0 Å². The molecule has 2 atom stereocenters. The van der Waals surface area contributed by atoms with E-state index in [2.05, 4.69) is 21.2 Å². The smallest absolute Gasteiger partial charge is 0.242 e. The number of hydrogen-bond acceptors (Lipinski definition) is 3. The number of nitrogens with one attached hydrogen (secondary N) is 1. The molecule has 1 aliphatic rings. The van der Waals surface area contributed by atoms with Crippen molar-refractivity contribution >= 4 is 39.3 Å². The monoisotopic (exact) mass is 409 g/mol. The number of nitrogens with zero attached hydrogens (tertiary/aromatic N) is 1. The lowest BCUT2D eigenvalue weighted by atomic mass is 9.89. The van der Waals surface area contributed by atoms with Gasteiger partial charge in [-0.25, -0.2) is 0 Å². The number of para-hydroxylation sites is 1. The molecule has 1 fully saturated rings. The van der Waals surface area contributed by atoms with Crippen LogP contribution in [-0.4, -0.2) is 29.8 Å². The fourth-order valence-electron chi connectivity index (χ4n) is 3.22. The largest absolute Gasteiger partial charge is 0.368 e. The Hall–Kier alpha value is -1.89. The van der Waals surface area contributed by atoms with E-state index in [1.54, 1.807) is 11.8 Å². The van der Waals surface area contributed by atoms with Crippen LogP contribution >= 0.6 is 15.9 Å². The molecule has 2 rings (SSSR count). The van der Waals surface area contributed by atoms with Crippen molar-refractivity contribution in [3.05, 3.63) is 28.7 Å². The molecule has 0 saturated carbocycles. The summed E-state index contributed by atoms with van der Waals surface area (Å²) in [5, 5.41) is 2.71. The van der Waals surface area contributed by atoms with Crippen molar-refractivity contribution in [1.29, 1.82) is 0 Å². The minimum Gasteiger partial charge on any atom is -0.368 e. The molecule has 3 N–H and O–H groups in total. The molecule has 136 valence electrons. The van der Waals surface area contributed by atoms with Crippen molar-refractivity contribution in [2.45, 2.75) is 39.2 Å². The minimum atomic E-state index is -1.16. The van der Waals surface area contributed by atoms with E-state index in [0.717, 1.165) is 10.2 Å². The van der Waals surface area contributed by atoms with Crippen LogP contribution in [0.25, 0.3) is 0 Å². The van der Waals surface area contributed by atoms with Gasteiger partial charge in [0.2, 0.25) is 17.7 Å². The molecule has 6 nitrogen and oxygen atoms in total. The SMILES string of the molecule is CC(C)CC(C)(NC(=O)C1CCN(c2ccccc2Br)C1=O)C(N)=O. The van der Waals surface area contributed by atoms with E-state index < -0.39 is 23.3 Å². The average Bonchev–Trinajstić information content (AvgIpc) is 2.88. The highest BCUT2D eigenvalue weighted by atomic mass is 79.9. The van der Waals surface area contributed by atoms with Crippen LogP contribution in [0.1, 0.15) is 33.6 Å². The Labute approximate surface area is 156 Å². The molecule has 0 radical (unpaired) electrons. The van der Waals surface area contributed by atoms with Crippen LogP contribution in [-0.2, 0) is 14.4 Å². The summed E-state index contributed by atoms with van der Waals surface area (Å²) in [4.78, 5) is 38.8. The highest BCUT2D eigenvalue weighted by molar-refractivity contribution is 9.10. The predicted octanol–water partition coefficient (Wildman–Crippen LogP) is 2.21. The van der Waals surface area contributed by atoms with Crippen LogP contribution < -0.4 is 16.0 Å². The summed E-state index contributed by atoms with van der Waals surface area (Å²) in [5.41, 5.74) is 5.06. The van der Waals surface area contributed by atoms with Crippen molar-refractivity contribution in [3.8, 4) is 0 Å². The van der Waals surface area contributed by atoms with E-state index >= 15 is 0 Å². The summed E-state index contributed by atoms with van der Waals surface area (Å²) >= 11 is 3.43. The van der Waals surface area contributed by atoms with E-state index in [4.69, 9.17) is 5.73 Å². The molecule has 7 heteroatoms. The highest BCUT2D eigenvalue weighted by Gasteiger charge is 2.42. The molecule has 1 saturated heterocycles. The Morgan fingerprint density at radius 1 is 1.40 bits per heavy atom. The van der Waals surface area contributed by atoms with Gasteiger partial charge in [0.1, 0.15) is 11.5 Å². The van der Waals surface area contributed by atoms with Gasteiger partial charge in [0.05, 0.1) is 5.69 Å². The maximum absolute atomic E-state index is 12.7. The highest BCUT2D eigenvalue weighted by Crippen LogP contribution is 2.31. The van der Waals surface area contributed by atoms with Gasteiger partial charge in [0.25, 0.3) is 0 Å². The maximum Gasteiger partial charge on any atom is 0.242 e. The lowest BCUT2D eigenvalue weighted by Crippen LogP contribution is -2.57. The molecular formula is C18H24BrN3O3. The molecular weight excluding hydrogens is 386 g/mol. The summed E-state index contributed by atoms with van der Waals surface area (Å²) in [6.07, 6.45) is 0.825. The van der Waals surface area contributed by atoms with Crippen molar-refractivity contribution in [2.24, 2.45) is 17.6 Å². The predicted molar refractivity (Wildman–Crippen MR) is 99.8 cm³/mol. The van der Waals surface area contributed by atoms with Crippen LogP contribution in [0, 0.1) is 11.8 Å². The summed E-state index contributed by atoms with van der Waals surface area (Å²) < 4.78 is 0.797. The van der Waals surface area contributed by atoms with Gasteiger partial charge in [0.15, 0.2) is 0 Å². The first-order chi connectivity index (χ1) is 11.7. The van der Waals surface area contributed by atoms with Crippen LogP contribution in [0.3, 0.4) is 0 Å². The molecule has 0 bridgehead atoms. The number of benzene rings is 1. The normalized spacial score (nSPS) is 19.8. The van der Waals surface area contributed by atoms with Crippen LogP contribution in [0.5, 0.6) is 0 Å². The lowest BCUT2D eigenvalue weighted by Gasteiger charge is -2.30. The Bertz CT molecular complexity index is 692. The van der Waals surface area contributed by atoms with Crippen LogP contribution in [0.2, 0.25) is 0 Å². The molecule has 1 heterocycles. The van der Waals surface area contributed by atoms with Gasteiger partial charge in [-0.2, -0.15) is 0 Å². The second-order valence-corrected chi connectivity index (χ2v) is 7.92. The number of hydrogen-bond donors (Lipinski definition) is 2. The number of halogens is 1. The number of carbonyl (C=O) groups is 3. The lowest BCUT2D eigenvalue weighted by molar-refractivity contribution is -0.137. The van der Waals surface area contributed by atoms with Gasteiger partial charge in [-0.3, -0.25) is 14.4 Å². The zero-order chi connectivity index (χ0) is 18.8. The van der Waals surface area contributed by atoms with E-state index in [1.807, 2.05) is 38.1 Å². The number of carbonyl (C=O) groups excluding carboxylic acids is 3. The molecule has 0 aliphatic carbocycles. The fraction of sp³-hybridized carbons (Fsp3) is 0.500. The van der Waals surface area contributed by atoms with Gasteiger partial charge in [-0.05, 0) is 53.7 Å². The summed E-state index contributed by atoms with van der Waals surface area (Å²) in [6.45, 7) is 5.96. The first-order valence-electron chi connectivity index (χ1n) is 8.33. The van der Waals surface area contributed by atoms with Gasteiger partial charge >= 0.3 is 0 Å². The summed E-state index contributed by atoms with van der Waals surface area (Å²) in [6, 6.07) is 7.38. The Morgan fingerprint density at radius 2 is 2.04 bits per heavy atom. The second-order valence-electron chi connectivity index (χ2n) is 7.07. The van der Waals surface area contributed by atoms with E-state index in [1.165, 1.54) is 0 Å². The zero-order valence-corrected chi connectivity index (χ0v) is 16.3. The van der Waals surface area contributed by atoms with Gasteiger partial charge < -0.3 is 16.0 Å². The molecule has 0 aromatic heterocycles. The van der Waals surface area contributed by atoms with Gasteiger partial charge in [-0.15, -0.1) is 0 Å². The van der Waals surface area contributed by atoms with Crippen molar-refractivity contribution < 1.29 is 14.4 Å². The third-order valence-electron chi connectivity index (χ3n) is 4.42. The topological polar surface area (TPSA) is 92.5 Å². The number of primary amides is 1. The molecule has 3 amide bonds. The van der Waals surface area contributed by atoms with Crippen molar-refractivity contribution in [2.75, 3.05) is 11.4 Å². The standard InChI is InChI=1S/C18H24BrN3O3/c1-11(2)10-18(3,17(20)25)21-15(23)12-8-9-22(16(12)24)14-7-5-4-6-13(14)19/h4-7,11-12H,8-10H2,1-3H3,(H2,20,25)(H,21,23). The van der Waals surface area contributed by atoms with Crippen molar-refractivity contribution in [3.63, 3.8) is 0 Å². The first kappa shape index (κ1) is 19.4. The summed E-state index contributed by atoms with van der Waals surface area (Å²) in [5.74, 6) is -1.93. The molecule has 0 spiro atoms. The number of anilines is 1.